The second-order valence-corrected chi connectivity index (χ2v) is 5.70. The predicted octanol–water partition coefficient (Wildman–Crippen LogP) is 3.77. The number of hydrogen-bond acceptors (Lipinski definition) is 3. The van der Waals surface area contributed by atoms with E-state index < -0.39 is 6.10 Å². The minimum atomic E-state index is -0.584. The standard InChI is InChI=1S/C18H20ClNO3/c1-13(23-17-6-4-5-16(11-17)22-3)18(21)20(2)12-14-7-9-15(19)10-8-14/h4-11,13H,12H2,1-3H3/t13-/m0/s1. The summed E-state index contributed by atoms with van der Waals surface area (Å²) in [5.41, 5.74) is 1.01. The lowest BCUT2D eigenvalue weighted by Crippen LogP contribution is -2.37. The number of carbonyl (C=O) groups excluding carboxylic acids is 1. The Balaban J connectivity index is 1.96. The van der Waals surface area contributed by atoms with Crippen LogP contribution < -0.4 is 9.47 Å². The number of amides is 1. The zero-order valence-electron chi connectivity index (χ0n) is 13.5. The Morgan fingerprint density at radius 2 is 1.83 bits per heavy atom. The van der Waals surface area contributed by atoms with E-state index >= 15 is 0 Å². The van der Waals surface area contributed by atoms with Gasteiger partial charge in [-0.3, -0.25) is 4.79 Å². The molecule has 0 unspecified atom stereocenters. The summed E-state index contributed by atoms with van der Waals surface area (Å²) in [4.78, 5) is 14.0. The van der Waals surface area contributed by atoms with Gasteiger partial charge in [0.15, 0.2) is 6.10 Å². The highest BCUT2D eigenvalue weighted by Crippen LogP contribution is 2.20. The molecule has 1 atom stereocenters. The number of rotatable bonds is 6. The molecular formula is C18H20ClNO3. The maximum Gasteiger partial charge on any atom is 0.263 e. The van der Waals surface area contributed by atoms with Crippen LogP contribution in [0.4, 0.5) is 0 Å². The van der Waals surface area contributed by atoms with Crippen molar-refractivity contribution in [2.24, 2.45) is 0 Å². The van der Waals surface area contributed by atoms with Gasteiger partial charge in [0.05, 0.1) is 7.11 Å². The fraction of sp³-hybridized carbons (Fsp3) is 0.278. The highest BCUT2D eigenvalue weighted by atomic mass is 35.5. The molecule has 23 heavy (non-hydrogen) atoms. The molecule has 122 valence electrons. The predicted molar refractivity (Wildman–Crippen MR) is 91.0 cm³/mol. The van der Waals surface area contributed by atoms with E-state index in [-0.39, 0.29) is 5.91 Å². The van der Waals surface area contributed by atoms with Gasteiger partial charge in [-0.15, -0.1) is 0 Å². The lowest BCUT2D eigenvalue weighted by Gasteiger charge is -2.22. The van der Waals surface area contributed by atoms with Crippen molar-refractivity contribution < 1.29 is 14.3 Å². The molecule has 4 nitrogen and oxygen atoms in total. The Kier molecular flexibility index (Phi) is 5.88. The van der Waals surface area contributed by atoms with E-state index in [0.717, 1.165) is 5.56 Å². The normalized spacial score (nSPS) is 11.7. The number of ether oxygens (including phenoxy) is 2. The second kappa shape index (κ2) is 7.88. The van der Waals surface area contributed by atoms with Gasteiger partial charge in [-0.05, 0) is 36.8 Å². The largest absolute Gasteiger partial charge is 0.497 e. The van der Waals surface area contributed by atoms with Gasteiger partial charge in [-0.1, -0.05) is 29.8 Å². The van der Waals surface area contributed by atoms with E-state index in [0.29, 0.717) is 23.1 Å². The van der Waals surface area contributed by atoms with Gasteiger partial charge in [0, 0.05) is 24.7 Å². The minimum Gasteiger partial charge on any atom is -0.497 e. The van der Waals surface area contributed by atoms with E-state index in [9.17, 15) is 4.79 Å². The van der Waals surface area contributed by atoms with Crippen LogP contribution in [0.25, 0.3) is 0 Å². The molecule has 0 saturated heterocycles. The Bertz CT molecular complexity index is 658. The third kappa shape index (κ3) is 4.89. The first-order valence-corrected chi connectivity index (χ1v) is 7.67. The number of hydrogen-bond donors (Lipinski definition) is 0. The van der Waals surface area contributed by atoms with Crippen LogP contribution in [-0.4, -0.2) is 31.1 Å². The highest BCUT2D eigenvalue weighted by Gasteiger charge is 2.19. The Hall–Kier alpha value is -2.20. The minimum absolute atomic E-state index is 0.0947. The first kappa shape index (κ1) is 17.2. The Morgan fingerprint density at radius 1 is 1.17 bits per heavy atom. The Morgan fingerprint density at radius 3 is 2.48 bits per heavy atom. The molecule has 0 bridgehead atoms. The van der Waals surface area contributed by atoms with E-state index in [2.05, 4.69) is 0 Å². The lowest BCUT2D eigenvalue weighted by molar-refractivity contribution is -0.137. The summed E-state index contributed by atoms with van der Waals surface area (Å²) >= 11 is 5.87. The molecule has 2 aromatic rings. The number of nitrogens with zero attached hydrogens (tertiary/aromatic N) is 1. The maximum absolute atomic E-state index is 12.4. The summed E-state index contributed by atoms with van der Waals surface area (Å²) < 4.78 is 10.9. The number of halogens is 1. The van der Waals surface area contributed by atoms with Gasteiger partial charge < -0.3 is 14.4 Å². The van der Waals surface area contributed by atoms with Gasteiger partial charge >= 0.3 is 0 Å². The molecule has 5 heteroatoms. The van der Waals surface area contributed by atoms with E-state index in [4.69, 9.17) is 21.1 Å². The molecule has 0 radical (unpaired) electrons. The van der Waals surface area contributed by atoms with Crippen LogP contribution in [0.2, 0.25) is 5.02 Å². The first-order valence-electron chi connectivity index (χ1n) is 7.29. The zero-order chi connectivity index (χ0) is 16.8. The van der Waals surface area contributed by atoms with Crippen molar-refractivity contribution in [2.45, 2.75) is 19.6 Å². The number of likely N-dealkylation sites (N-methyl/N-ethyl adjacent to an activating group) is 1. The number of methoxy groups -OCH3 is 1. The second-order valence-electron chi connectivity index (χ2n) is 5.26. The van der Waals surface area contributed by atoms with E-state index in [1.807, 2.05) is 36.4 Å². The van der Waals surface area contributed by atoms with Gasteiger partial charge in [-0.2, -0.15) is 0 Å². The SMILES string of the molecule is COc1cccc(O[C@@H](C)C(=O)N(C)Cc2ccc(Cl)cc2)c1. The fourth-order valence-corrected chi connectivity index (χ4v) is 2.31. The molecule has 0 fully saturated rings. The molecule has 2 rings (SSSR count). The van der Waals surface area contributed by atoms with Crippen LogP contribution in [-0.2, 0) is 11.3 Å². The molecular weight excluding hydrogens is 314 g/mol. The summed E-state index contributed by atoms with van der Waals surface area (Å²) in [5, 5.41) is 0.678. The average Bonchev–Trinajstić information content (AvgIpc) is 2.56. The van der Waals surface area contributed by atoms with Crippen molar-refractivity contribution in [1.82, 2.24) is 4.90 Å². The van der Waals surface area contributed by atoms with Crippen LogP contribution in [0.15, 0.2) is 48.5 Å². The molecule has 0 spiro atoms. The monoisotopic (exact) mass is 333 g/mol. The lowest BCUT2D eigenvalue weighted by atomic mass is 10.2. The molecule has 0 heterocycles. The van der Waals surface area contributed by atoms with Gasteiger partial charge in [0.1, 0.15) is 11.5 Å². The van der Waals surface area contributed by atoms with Crippen LogP contribution in [0.5, 0.6) is 11.5 Å². The van der Waals surface area contributed by atoms with Gasteiger partial charge in [0.25, 0.3) is 5.91 Å². The van der Waals surface area contributed by atoms with Crippen LogP contribution in [0, 0.1) is 0 Å². The third-order valence-electron chi connectivity index (χ3n) is 3.41. The van der Waals surface area contributed by atoms with Gasteiger partial charge in [-0.25, -0.2) is 0 Å². The van der Waals surface area contributed by atoms with Gasteiger partial charge in [0.2, 0.25) is 0 Å². The summed E-state index contributed by atoms with van der Waals surface area (Å²) in [5.74, 6) is 1.20. The maximum atomic E-state index is 12.4. The highest BCUT2D eigenvalue weighted by molar-refractivity contribution is 6.30. The molecule has 0 aromatic heterocycles. The van der Waals surface area contributed by atoms with Crippen molar-refractivity contribution in [1.29, 1.82) is 0 Å². The molecule has 2 aromatic carbocycles. The number of carbonyl (C=O) groups is 1. The quantitative estimate of drug-likeness (QED) is 0.807. The van der Waals surface area contributed by atoms with Crippen LogP contribution in [0.1, 0.15) is 12.5 Å². The average molecular weight is 334 g/mol. The smallest absolute Gasteiger partial charge is 0.263 e. The van der Waals surface area contributed by atoms with E-state index in [1.165, 1.54) is 0 Å². The molecule has 0 saturated carbocycles. The molecule has 0 aliphatic carbocycles. The van der Waals surface area contributed by atoms with Crippen molar-refractivity contribution in [2.75, 3.05) is 14.2 Å². The Labute approximate surface area is 141 Å². The summed E-state index contributed by atoms with van der Waals surface area (Å²) in [6, 6.07) is 14.6. The first-order chi connectivity index (χ1) is 11.0. The van der Waals surface area contributed by atoms with Crippen LogP contribution in [0.3, 0.4) is 0 Å². The third-order valence-corrected chi connectivity index (χ3v) is 3.66. The molecule has 0 N–H and O–H groups in total. The zero-order valence-corrected chi connectivity index (χ0v) is 14.2. The summed E-state index contributed by atoms with van der Waals surface area (Å²) in [7, 11) is 3.34. The number of benzene rings is 2. The summed E-state index contributed by atoms with van der Waals surface area (Å²) in [6.45, 7) is 2.24. The molecule has 0 aliphatic rings. The fourth-order valence-electron chi connectivity index (χ4n) is 2.18. The molecule has 0 aliphatic heterocycles. The van der Waals surface area contributed by atoms with Crippen molar-refractivity contribution in [3.63, 3.8) is 0 Å². The van der Waals surface area contributed by atoms with Crippen LogP contribution >= 0.6 is 11.6 Å². The van der Waals surface area contributed by atoms with Crippen molar-refractivity contribution >= 4 is 17.5 Å². The van der Waals surface area contributed by atoms with Crippen molar-refractivity contribution in [3.05, 3.63) is 59.1 Å². The topological polar surface area (TPSA) is 38.8 Å². The molecule has 1 amide bonds. The van der Waals surface area contributed by atoms with E-state index in [1.54, 1.807) is 38.1 Å². The summed E-state index contributed by atoms with van der Waals surface area (Å²) in [6.07, 6.45) is -0.584. The van der Waals surface area contributed by atoms with Crippen molar-refractivity contribution in [3.8, 4) is 11.5 Å².